The molecule has 0 unspecified atom stereocenters. The molecule has 10 heteroatoms. The molecule has 10 nitrogen and oxygen atoms in total. The maximum Gasteiger partial charge on any atom is 0.575 e. The first-order valence-electron chi connectivity index (χ1n) is 4.73. The van der Waals surface area contributed by atoms with Crippen molar-refractivity contribution >= 4 is 12.3 Å². The van der Waals surface area contributed by atoms with Crippen molar-refractivity contribution in [3.05, 3.63) is 0 Å². The van der Waals surface area contributed by atoms with Crippen molar-refractivity contribution in [1.82, 2.24) is 0 Å². The van der Waals surface area contributed by atoms with Crippen LogP contribution in [0.1, 0.15) is 12.8 Å². The Bertz CT molecular complexity index is 238. The maximum atomic E-state index is 10.8. The van der Waals surface area contributed by atoms with Gasteiger partial charge < -0.3 is 14.2 Å². The summed E-state index contributed by atoms with van der Waals surface area (Å²) in [7, 11) is 2.96. The van der Waals surface area contributed by atoms with Crippen LogP contribution >= 0.6 is 0 Å². The van der Waals surface area contributed by atoms with E-state index in [-0.39, 0.29) is 12.9 Å². The fraction of sp³-hybridized carbons (Fsp3) is 0.750. The van der Waals surface area contributed by atoms with Gasteiger partial charge in [0.05, 0.1) is 11.6 Å². The SMILES string of the molecule is COC(CCCOC(=O)OOOC(=O)OO)OC. The summed E-state index contributed by atoms with van der Waals surface area (Å²) in [5, 5.41) is 11.3. The molecule has 0 saturated carbocycles. The Kier molecular flexibility index (Phi) is 9.58. The van der Waals surface area contributed by atoms with E-state index in [0.717, 1.165) is 0 Å². The lowest BCUT2D eigenvalue weighted by Gasteiger charge is -2.12. The summed E-state index contributed by atoms with van der Waals surface area (Å²) in [4.78, 5) is 31.3. The predicted molar refractivity (Wildman–Crippen MR) is 50.8 cm³/mol. The third kappa shape index (κ3) is 8.52. The highest BCUT2D eigenvalue weighted by molar-refractivity contribution is 5.59. The van der Waals surface area contributed by atoms with Gasteiger partial charge in [0.25, 0.3) is 0 Å². The normalized spacial score (nSPS) is 10.0. The summed E-state index contributed by atoms with van der Waals surface area (Å²) in [6.45, 7) is 0.0237. The van der Waals surface area contributed by atoms with Gasteiger partial charge in [-0.05, 0) is 6.42 Å². The van der Waals surface area contributed by atoms with Gasteiger partial charge in [0.2, 0.25) is 0 Å². The van der Waals surface area contributed by atoms with Crippen LogP contribution in [0.15, 0.2) is 0 Å². The Morgan fingerprint density at radius 3 is 2.28 bits per heavy atom. The predicted octanol–water partition coefficient (Wildman–Crippen LogP) is 1.01. The van der Waals surface area contributed by atoms with Crippen LogP contribution in [-0.4, -0.2) is 44.7 Å². The lowest BCUT2D eigenvalue weighted by molar-refractivity contribution is -0.466. The van der Waals surface area contributed by atoms with Gasteiger partial charge >= 0.3 is 12.3 Å². The van der Waals surface area contributed by atoms with Crippen molar-refractivity contribution in [2.75, 3.05) is 20.8 Å². The zero-order valence-electron chi connectivity index (χ0n) is 9.82. The van der Waals surface area contributed by atoms with Crippen molar-refractivity contribution in [2.45, 2.75) is 19.1 Å². The van der Waals surface area contributed by atoms with Crippen LogP contribution in [0.5, 0.6) is 0 Å². The Labute approximate surface area is 102 Å². The van der Waals surface area contributed by atoms with Crippen LogP contribution in [0.25, 0.3) is 0 Å². The highest BCUT2D eigenvalue weighted by atomic mass is 17.5. The number of carbonyl (C=O) groups excluding carboxylic acids is 2. The Morgan fingerprint density at radius 2 is 1.72 bits per heavy atom. The third-order valence-electron chi connectivity index (χ3n) is 1.61. The molecule has 0 aromatic heterocycles. The molecule has 0 fully saturated rings. The van der Waals surface area contributed by atoms with E-state index in [1.54, 1.807) is 0 Å². The quantitative estimate of drug-likeness (QED) is 0.225. The van der Waals surface area contributed by atoms with Gasteiger partial charge in [-0.15, -0.1) is 0 Å². The molecule has 0 spiro atoms. The van der Waals surface area contributed by atoms with Gasteiger partial charge in [-0.2, -0.15) is 10.1 Å². The fourth-order valence-corrected chi connectivity index (χ4v) is 0.849. The van der Waals surface area contributed by atoms with Crippen LogP contribution in [-0.2, 0) is 33.9 Å². The fourth-order valence-electron chi connectivity index (χ4n) is 0.849. The molecular weight excluding hydrogens is 256 g/mol. The third-order valence-corrected chi connectivity index (χ3v) is 1.61. The Hall–Kier alpha value is -1.62. The molecule has 0 aromatic carbocycles. The standard InChI is InChI=1S/C8H14O10/c1-12-6(13-2)4-3-5-14-7(9)16-18-17-8(10)15-11/h6,11H,3-5H2,1-2H3. The molecular formula is C8H14O10. The largest absolute Gasteiger partial charge is 0.575 e. The molecule has 0 aromatic rings. The van der Waals surface area contributed by atoms with Crippen LogP contribution in [0.4, 0.5) is 9.59 Å². The molecule has 0 aliphatic heterocycles. The van der Waals surface area contributed by atoms with Gasteiger partial charge in [-0.3, -0.25) is 4.89 Å². The molecule has 0 saturated heterocycles. The summed E-state index contributed by atoms with van der Waals surface area (Å²) < 4.78 is 14.3. The van der Waals surface area contributed by atoms with Crippen LogP contribution in [0.3, 0.4) is 0 Å². The second-order valence-corrected chi connectivity index (χ2v) is 2.72. The first kappa shape index (κ1) is 16.4. The topological polar surface area (TPSA) is 119 Å². The van der Waals surface area contributed by atoms with E-state index in [4.69, 9.17) is 14.7 Å². The minimum absolute atomic E-state index is 0.0237. The molecule has 0 rings (SSSR count). The van der Waals surface area contributed by atoms with Crippen LogP contribution in [0.2, 0.25) is 0 Å². The number of hydrogen-bond donors (Lipinski definition) is 1. The minimum Gasteiger partial charge on any atom is -0.432 e. The van der Waals surface area contributed by atoms with Gasteiger partial charge in [0.1, 0.15) is 0 Å². The van der Waals surface area contributed by atoms with E-state index in [9.17, 15) is 9.59 Å². The number of methoxy groups -OCH3 is 2. The van der Waals surface area contributed by atoms with E-state index in [1.807, 2.05) is 0 Å². The zero-order chi connectivity index (χ0) is 13.8. The van der Waals surface area contributed by atoms with Gasteiger partial charge in [-0.1, -0.05) is 0 Å². The van der Waals surface area contributed by atoms with Gasteiger partial charge in [0, 0.05) is 20.6 Å². The highest BCUT2D eigenvalue weighted by Gasteiger charge is 2.11. The Morgan fingerprint density at radius 1 is 1.11 bits per heavy atom. The lowest BCUT2D eigenvalue weighted by atomic mass is 10.3. The molecule has 0 radical (unpaired) electrons. The van der Waals surface area contributed by atoms with E-state index in [2.05, 4.69) is 24.4 Å². The minimum atomic E-state index is -1.61. The number of ether oxygens (including phenoxy) is 3. The molecule has 0 aliphatic rings. The summed E-state index contributed by atoms with van der Waals surface area (Å²) >= 11 is 0. The average molecular weight is 270 g/mol. The molecule has 0 aliphatic carbocycles. The van der Waals surface area contributed by atoms with Crippen molar-refractivity contribution in [2.24, 2.45) is 0 Å². The van der Waals surface area contributed by atoms with Crippen LogP contribution in [0, 0.1) is 0 Å². The smallest absolute Gasteiger partial charge is 0.432 e. The highest BCUT2D eigenvalue weighted by Crippen LogP contribution is 2.02. The number of rotatable bonds is 8. The molecule has 106 valence electrons. The van der Waals surface area contributed by atoms with Gasteiger partial charge in [0.15, 0.2) is 6.29 Å². The van der Waals surface area contributed by atoms with Crippen LogP contribution < -0.4 is 0 Å². The number of carbonyl (C=O) groups is 2. The molecule has 0 bridgehead atoms. The van der Waals surface area contributed by atoms with Gasteiger partial charge in [-0.25, -0.2) is 14.6 Å². The lowest BCUT2D eigenvalue weighted by Crippen LogP contribution is -2.15. The zero-order valence-corrected chi connectivity index (χ0v) is 9.82. The van der Waals surface area contributed by atoms with E-state index >= 15 is 0 Å². The van der Waals surface area contributed by atoms with Crippen molar-refractivity contribution in [3.63, 3.8) is 0 Å². The summed E-state index contributed by atoms with van der Waals surface area (Å²) in [6.07, 6.45) is -2.25. The monoisotopic (exact) mass is 270 g/mol. The Balaban J connectivity index is 3.45. The molecule has 0 atom stereocenters. The molecule has 0 amide bonds. The second-order valence-electron chi connectivity index (χ2n) is 2.72. The second kappa shape index (κ2) is 10.5. The van der Waals surface area contributed by atoms with E-state index in [1.165, 1.54) is 14.2 Å². The summed E-state index contributed by atoms with van der Waals surface area (Å²) in [6, 6.07) is 0. The first-order valence-corrected chi connectivity index (χ1v) is 4.73. The van der Waals surface area contributed by atoms with Crippen molar-refractivity contribution in [1.29, 1.82) is 0 Å². The van der Waals surface area contributed by atoms with E-state index in [0.29, 0.717) is 12.8 Å². The summed E-state index contributed by atoms with van der Waals surface area (Å²) in [5.41, 5.74) is 0. The summed E-state index contributed by atoms with van der Waals surface area (Å²) in [5.74, 6) is 0. The van der Waals surface area contributed by atoms with Crippen molar-refractivity contribution in [3.8, 4) is 0 Å². The molecule has 18 heavy (non-hydrogen) atoms. The first-order chi connectivity index (χ1) is 8.63. The number of hydrogen-bond acceptors (Lipinski definition) is 10. The maximum absolute atomic E-state index is 10.8. The molecule has 1 N–H and O–H groups in total. The average Bonchev–Trinajstić information content (AvgIpc) is 2.38. The van der Waals surface area contributed by atoms with Crippen molar-refractivity contribution < 1.29 is 48.8 Å². The van der Waals surface area contributed by atoms with E-state index < -0.39 is 12.3 Å². The molecule has 0 heterocycles.